The predicted octanol–water partition coefficient (Wildman–Crippen LogP) is 4.33. The molecule has 0 fully saturated rings. The molecule has 1 N–H and O–H groups in total. The number of rotatable bonds is 6. The third-order valence-corrected chi connectivity index (χ3v) is 5.73. The summed E-state index contributed by atoms with van der Waals surface area (Å²) in [6.07, 6.45) is 2.04. The third-order valence-electron chi connectivity index (χ3n) is 4.94. The first kappa shape index (κ1) is 19.8. The number of carboxylic acids is 1. The van der Waals surface area contributed by atoms with Gasteiger partial charge in [0.2, 0.25) is 5.88 Å². The topological polar surface area (TPSA) is 73.6 Å². The summed E-state index contributed by atoms with van der Waals surface area (Å²) in [4.78, 5) is 14.7. The molecule has 28 heavy (non-hydrogen) atoms. The summed E-state index contributed by atoms with van der Waals surface area (Å²) >= 11 is 1.68. The number of carboxylic acid groups (broad SMARTS) is 1. The zero-order valence-corrected chi connectivity index (χ0v) is 16.9. The standard InChI is InChI=1S/C22H22N2O3S/c1-4-27-21-17(13-23)19(20(22(25)26)24(21)2)15-11-9-14(10-12-15)16-7-5-6-8-18(16)28-3/h5-12,19-20H,4H2,1-3H3,(H,25,26). The molecule has 0 bridgehead atoms. The Bertz CT molecular complexity index is 947. The molecular formula is C22H22N2O3S. The van der Waals surface area contributed by atoms with Gasteiger partial charge < -0.3 is 14.7 Å². The number of thioether (sulfide) groups is 1. The van der Waals surface area contributed by atoms with Gasteiger partial charge >= 0.3 is 5.97 Å². The zero-order chi connectivity index (χ0) is 20.3. The van der Waals surface area contributed by atoms with Crippen LogP contribution >= 0.6 is 11.8 Å². The van der Waals surface area contributed by atoms with Crippen molar-refractivity contribution in [1.82, 2.24) is 4.90 Å². The van der Waals surface area contributed by atoms with Gasteiger partial charge in [0.15, 0.2) is 0 Å². The summed E-state index contributed by atoms with van der Waals surface area (Å²) in [6, 6.07) is 17.2. The maximum absolute atomic E-state index is 11.9. The SMILES string of the molecule is CCOC1=C(C#N)C(c2ccc(-c3ccccc3SC)cc2)C(C(=O)O)N1C. The Balaban J connectivity index is 2.03. The van der Waals surface area contributed by atoms with E-state index in [1.165, 1.54) is 4.90 Å². The molecule has 144 valence electrons. The minimum atomic E-state index is -0.980. The Hall–Kier alpha value is -2.91. The van der Waals surface area contributed by atoms with E-state index in [2.05, 4.69) is 18.2 Å². The zero-order valence-electron chi connectivity index (χ0n) is 16.0. The van der Waals surface area contributed by atoms with Gasteiger partial charge in [-0.3, -0.25) is 0 Å². The first-order valence-corrected chi connectivity index (χ1v) is 10.2. The Morgan fingerprint density at radius 1 is 1.25 bits per heavy atom. The first-order chi connectivity index (χ1) is 13.5. The van der Waals surface area contributed by atoms with Gasteiger partial charge in [-0.2, -0.15) is 5.26 Å². The Morgan fingerprint density at radius 3 is 2.50 bits per heavy atom. The Kier molecular flexibility index (Phi) is 5.96. The van der Waals surface area contributed by atoms with Gasteiger partial charge in [0.1, 0.15) is 12.1 Å². The fraction of sp³-hybridized carbons (Fsp3) is 0.273. The van der Waals surface area contributed by atoms with Crippen molar-refractivity contribution in [3.63, 3.8) is 0 Å². The number of hydrogen-bond acceptors (Lipinski definition) is 5. The van der Waals surface area contributed by atoms with Crippen molar-refractivity contribution in [2.75, 3.05) is 19.9 Å². The monoisotopic (exact) mass is 394 g/mol. The lowest BCUT2D eigenvalue weighted by atomic mass is 9.87. The summed E-state index contributed by atoms with van der Waals surface area (Å²) in [6.45, 7) is 2.19. The second-order valence-corrected chi connectivity index (χ2v) is 7.31. The molecule has 0 amide bonds. The maximum Gasteiger partial charge on any atom is 0.327 e. The molecule has 1 heterocycles. The summed E-state index contributed by atoms with van der Waals surface area (Å²) in [5.41, 5.74) is 3.33. The van der Waals surface area contributed by atoms with E-state index in [0.717, 1.165) is 16.7 Å². The second-order valence-electron chi connectivity index (χ2n) is 6.46. The van der Waals surface area contributed by atoms with Crippen molar-refractivity contribution in [1.29, 1.82) is 5.26 Å². The molecule has 1 aliphatic heterocycles. The molecule has 2 aromatic carbocycles. The predicted molar refractivity (Wildman–Crippen MR) is 110 cm³/mol. The van der Waals surface area contributed by atoms with E-state index >= 15 is 0 Å². The summed E-state index contributed by atoms with van der Waals surface area (Å²) in [7, 11) is 1.66. The summed E-state index contributed by atoms with van der Waals surface area (Å²) in [5, 5.41) is 19.5. The molecule has 0 saturated heterocycles. The highest BCUT2D eigenvalue weighted by molar-refractivity contribution is 7.98. The van der Waals surface area contributed by atoms with Crippen molar-refractivity contribution >= 4 is 17.7 Å². The van der Waals surface area contributed by atoms with Crippen molar-refractivity contribution in [3.8, 4) is 17.2 Å². The van der Waals surface area contributed by atoms with Gasteiger partial charge in [-0.15, -0.1) is 11.8 Å². The van der Waals surface area contributed by atoms with Crippen LogP contribution in [0.5, 0.6) is 0 Å². The lowest BCUT2D eigenvalue weighted by Gasteiger charge is -2.24. The number of nitriles is 1. The highest BCUT2D eigenvalue weighted by Gasteiger charge is 2.45. The molecule has 6 heteroatoms. The molecule has 0 radical (unpaired) electrons. The van der Waals surface area contributed by atoms with Crippen LogP contribution in [0.2, 0.25) is 0 Å². The lowest BCUT2D eigenvalue weighted by molar-refractivity contribution is -0.142. The van der Waals surface area contributed by atoms with E-state index in [1.807, 2.05) is 49.6 Å². The molecule has 5 nitrogen and oxygen atoms in total. The fourth-order valence-electron chi connectivity index (χ4n) is 3.67. The minimum Gasteiger partial charge on any atom is -0.480 e. The number of likely N-dealkylation sites (N-methyl/N-ethyl adjacent to an activating group) is 1. The number of carbonyl (C=O) groups is 1. The van der Waals surface area contributed by atoms with Crippen LogP contribution in [-0.4, -0.2) is 41.9 Å². The van der Waals surface area contributed by atoms with E-state index < -0.39 is 17.9 Å². The quantitative estimate of drug-likeness (QED) is 0.735. The first-order valence-electron chi connectivity index (χ1n) is 8.99. The van der Waals surface area contributed by atoms with Crippen LogP contribution < -0.4 is 0 Å². The van der Waals surface area contributed by atoms with Gasteiger partial charge in [0, 0.05) is 11.9 Å². The Morgan fingerprint density at radius 2 is 1.93 bits per heavy atom. The van der Waals surface area contributed by atoms with Gasteiger partial charge in [0.05, 0.1) is 18.1 Å². The van der Waals surface area contributed by atoms with Gasteiger partial charge in [-0.25, -0.2) is 4.79 Å². The molecule has 0 aromatic heterocycles. The fourth-order valence-corrected chi connectivity index (χ4v) is 4.30. The second kappa shape index (κ2) is 8.41. The number of aliphatic carboxylic acids is 1. The molecule has 1 aliphatic rings. The molecule has 0 spiro atoms. The van der Waals surface area contributed by atoms with E-state index in [-0.39, 0.29) is 0 Å². The largest absolute Gasteiger partial charge is 0.480 e. The van der Waals surface area contributed by atoms with E-state index in [4.69, 9.17) is 4.74 Å². The number of benzene rings is 2. The molecule has 2 unspecified atom stereocenters. The molecular weight excluding hydrogens is 372 g/mol. The number of hydrogen-bond donors (Lipinski definition) is 1. The lowest BCUT2D eigenvalue weighted by Crippen LogP contribution is -2.37. The molecule has 0 saturated carbocycles. The van der Waals surface area contributed by atoms with E-state index in [0.29, 0.717) is 18.1 Å². The number of nitrogens with zero attached hydrogens (tertiary/aromatic N) is 2. The van der Waals surface area contributed by atoms with Crippen LogP contribution in [0.25, 0.3) is 11.1 Å². The van der Waals surface area contributed by atoms with Crippen molar-refractivity contribution < 1.29 is 14.6 Å². The van der Waals surface area contributed by atoms with Gasteiger partial charge in [0.25, 0.3) is 0 Å². The van der Waals surface area contributed by atoms with E-state index in [1.54, 1.807) is 23.7 Å². The average Bonchev–Trinajstić information content (AvgIpc) is 3.00. The number of ether oxygens (including phenoxy) is 1. The van der Waals surface area contributed by atoms with Gasteiger partial charge in [-0.1, -0.05) is 42.5 Å². The summed E-state index contributed by atoms with van der Waals surface area (Å²) < 4.78 is 5.59. The smallest absolute Gasteiger partial charge is 0.327 e. The average molecular weight is 394 g/mol. The molecule has 2 atom stereocenters. The van der Waals surface area contributed by atoms with Crippen LogP contribution in [-0.2, 0) is 9.53 Å². The highest BCUT2D eigenvalue weighted by Crippen LogP contribution is 2.41. The molecule has 2 aromatic rings. The van der Waals surface area contributed by atoms with Crippen LogP contribution in [0.4, 0.5) is 0 Å². The van der Waals surface area contributed by atoms with Gasteiger partial charge in [-0.05, 0) is 35.9 Å². The van der Waals surface area contributed by atoms with Crippen LogP contribution in [0, 0.1) is 11.3 Å². The highest BCUT2D eigenvalue weighted by atomic mass is 32.2. The van der Waals surface area contributed by atoms with Crippen molar-refractivity contribution in [3.05, 3.63) is 65.6 Å². The normalized spacial score (nSPS) is 18.9. The third kappa shape index (κ3) is 3.46. The minimum absolute atomic E-state index is 0.346. The van der Waals surface area contributed by atoms with Crippen molar-refractivity contribution in [2.45, 2.75) is 23.8 Å². The van der Waals surface area contributed by atoms with E-state index in [9.17, 15) is 15.2 Å². The Labute approximate surface area is 169 Å². The maximum atomic E-state index is 11.9. The van der Waals surface area contributed by atoms with Crippen LogP contribution in [0.3, 0.4) is 0 Å². The van der Waals surface area contributed by atoms with Crippen LogP contribution in [0.15, 0.2) is 64.9 Å². The molecule has 0 aliphatic carbocycles. The van der Waals surface area contributed by atoms with Crippen LogP contribution in [0.1, 0.15) is 18.4 Å². The molecule has 3 rings (SSSR count). The summed E-state index contributed by atoms with van der Waals surface area (Å²) in [5.74, 6) is -1.20. The van der Waals surface area contributed by atoms with Crippen molar-refractivity contribution in [2.24, 2.45) is 0 Å².